The number of aromatic amines is 1. The Morgan fingerprint density at radius 1 is 1.23 bits per heavy atom. The van der Waals surface area contributed by atoms with Gasteiger partial charge in [0.2, 0.25) is 5.88 Å². The van der Waals surface area contributed by atoms with E-state index in [0.717, 1.165) is 5.56 Å². The Morgan fingerprint density at radius 3 is 2.69 bits per heavy atom. The van der Waals surface area contributed by atoms with Gasteiger partial charge in [-0.25, -0.2) is 4.98 Å². The van der Waals surface area contributed by atoms with Crippen molar-refractivity contribution in [1.82, 2.24) is 9.97 Å². The van der Waals surface area contributed by atoms with E-state index >= 15 is 0 Å². The fourth-order valence-corrected chi connectivity index (χ4v) is 1.11. The topological polar surface area (TPSA) is 69.1 Å². The number of aromatic hydroxyl groups is 2. The van der Waals surface area contributed by atoms with Gasteiger partial charge in [0.15, 0.2) is 0 Å². The number of imidazole rings is 1. The largest absolute Gasteiger partial charge is 0.508 e. The maximum Gasteiger partial charge on any atom is 0.208 e. The summed E-state index contributed by atoms with van der Waals surface area (Å²) < 4.78 is 0. The van der Waals surface area contributed by atoms with Crippen LogP contribution in [0.15, 0.2) is 30.5 Å². The summed E-state index contributed by atoms with van der Waals surface area (Å²) in [6, 6.07) is 6.65. The lowest BCUT2D eigenvalue weighted by molar-refractivity contribution is 0.457. The lowest BCUT2D eigenvalue weighted by Gasteiger charge is -1.96. The number of nitrogens with zero attached hydrogens (tertiary/aromatic N) is 1. The van der Waals surface area contributed by atoms with Crippen LogP contribution in [0.2, 0.25) is 0 Å². The van der Waals surface area contributed by atoms with E-state index in [-0.39, 0.29) is 11.6 Å². The van der Waals surface area contributed by atoms with E-state index in [2.05, 4.69) is 9.97 Å². The molecule has 3 N–H and O–H groups in total. The Morgan fingerprint density at radius 2 is 2.08 bits per heavy atom. The van der Waals surface area contributed by atoms with Crippen LogP contribution in [0.4, 0.5) is 0 Å². The number of rotatable bonds is 1. The van der Waals surface area contributed by atoms with Crippen LogP contribution in [0.1, 0.15) is 0 Å². The predicted molar refractivity (Wildman–Crippen MR) is 47.4 cm³/mol. The first-order valence-electron chi connectivity index (χ1n) is 3.79. The Kier molecular flexibility index (Phi) is 1.66. The second-order valence-corrected chi connectivity index (χ2v) is 2.67. The van der Waals surface area contributed by atoms with E-state index in [4.69, 9.17) is 5.11 Å². The third-order valence-corrected chi connectivity index (χ3v) is 1.68. The first-order chi connectivity index (χ1) is 6.25. The zero-order chi connectivity index (χ0) is 9.26. The first-order valence-corrected chi connectivity index (χ1v) is 3.79. The third-order valence-electron chi connectivity index (χ3n) is 1.68. The van der Waals surface area contributed by atoms with Gasteiger partial charge in [-0.1, -0.05) is 12.1 Å². The summed E-state index contributed by atoms with van der Waals surface area (Å²) in [6.45, 7) is 0. The van der Waals surface area contributed by atoms with Crippen molar-refractivity contribution in [1.29, 1.82) is 0 Å². The summed E-state index contributed by atoms with van der Waals surface area (Å²) in [5.74, 6) is 0.722. The van der Waals surface area contributed by atoms with Crippen LogP contribution < -0.4 is 0 Å². The molecule has 0 bridgehead atoms. The highest BCUT2D eigenvalue weighted by atomic mass is 16.3. The van der Waals surface area contributed by atoms with Gasteiger partial charge >= 0.3 is 0 Å². The predicted octanol–water partition coefficient (Wildman–Crippen LogP) is 1.49. The number of phenolic OH excluding ortho intramolecular Hbond substituents is 1. The SMILES string of the molecule is Oc1cccc(-c2ncc(O)[nH]2)c1. The van der Waals surface area contributed by atoms with Gasteiger partial charge in [0.1, 0.15) is 11.6 Å². The second-order valence-electron chi connectivity index (χ2n) is 2.67. The van der Waals surface area contributed by atoms with Crippen LogP contribution in [-0.2, 0) is 0 Å². The molecule has 1 aromatic heterocycles. The number of aromatic nitrogens is 2. The van der Waals surface area contributed by atoms with Gasteiger partial charge in [-0.15, -0.1) is 0 Å². The van der Waals surface area contributed by atoms with Crippen molar-refractivity contribution in [3.8, 4) is 23.0 Å². The molecule has 0 unspecified atom stereocenters. The van der Waals surface area contributed by atoms with Gasteiger partial charge in [0.25, 0.3) is 0 Å². The van der Waals surface area contributed by atoms with Gasteiger partial charge in [-0.3, -0.25) is 0 Å². The van der Waals surface area contributed by atoms with Gasteiger partial charge < -0.3 is 15.2 Å². The van der Waals surface area contributed by atoms with Crippen molar-refractivity contribution in [2.24, 2.45) is 0 Å². The third kappa shape index (κ3) is 1.46. The maximum atomic E-state index is 9.18. The van der Waals surface area contributed by atoms with Crippen LogP contribution in [0.3, 0.4) is 0 Å². The maximum absolute atomic E-state index is 9.18. The quantitative estimate of drug-likeness (QED) is 0.616. The molecule has 2 aromatic rings. The van der Waals surface area contributed by atoms with Crippen LogP contribution in [0.5, 0.6) is 11.6 Å². The number of hydrogen-bond acceptors (Lipinski definition) is 3. The van der Waals surface area contributed by atoms with Crippen LogP contribution in [-0.4, -0.2) is 20.2 Å². The standard InChI is InChI=1S/C9H8N2O2/c12-7-3-1-2-6(4-7)9-10-5-8(13)11-9/h1-5,12-13H,(H,10,11). The average molecular weight is 176 g/mol. The van der Waals surface area contributed by atoms with Gasteiger partial charge in [-0.2, -0.15) is 0 Å². The van der Waals surface area contributed by atoms with Gasteiger partial charge in [0.05, 0.1) is 6.20 Å². The molecule has 66 valence electrons. The van der Waals surface area contributed by atoms with Crippen LogP contribution >= 0.6 is 0 Å². The average Bonchev–Trinajstić information content (AvgIpc) is 2.52. The van der Waals surface area contributed by atoms with E-state index < -0.39 is 0 Å². The molecule has 0 amide bonds. The molecule has 0 aliphatic carbocycles. The first kappa shape index (κ1) is 7.67. The summed E-state index contributed by atoms with van der Waals surface area (Å²) in [6.07, 6.45) is 1.32. The molecular formula is C9H8N2O2. The summed E-state index contributed by atoms with van der Waals surface area (Å²) in [4.78, 5) is 6.56. The Labute approximate surface area is 74.5 Å². The minimum Gasteiger partial charge on any atom is -0.508 e. The fourth-order valence-electron chi connectivity index (χ4n) is 1.11. The fraction of sp³-hybridized carbons (Fsp3) is 0. The normalized spacial score (nSPS) is 10.2. The molecule has 4 heteroatoms. The molecule has 1 aromatic carbocycles. The molecule has 0 aliphatic heterocycles. The number of H-pyrrole nitrogens is 1. The smallest absolute Gasteiger partial charge is 0.208 e. The van der Waals surface area contributed by atoms with Crippen molar-refractivity contribution >= 4 is 0 Å². The second kappa shape index (κ2) is 2.82. The van der Waals surface area contributed by atoms with Crippen LogP contribution in [0, 0.1) is 0 Å². The summed E-state index contributed by atoms with van der Waals surface area (Å²) in [7, 11) is 0. The van der Waals surface area contributed by atoms with Crippen molar-refractivity contribution in [3.63, 3.8) is 0 Å². The lowest BCUT2D eigenvalue weighted by Crippen LogP contribution is -1.78. The molecule has 0 saturated carbocycles. The van der Waals surface area contributed by atoms with Crippen molar-refractivity contribution in [2.75, 3.05) is 0 Å². The van der Waals surface area contributed by atoms with Crippen LogP contribution in [0.25, 0.3) is 11.4 Å². The molecule has 4 nitrogen and oxygen atoms in total. The molecule has 0 fully saturated rings. The number of hydrogen-bond donors (Lipinski definition) is 3. The minimum atomic E-state index is 0.0124. The number of benzene rings is 1. The molecule has 0 aliphatic rings. The molecule has 2 rings (SSSR count). The van der Waals surface area contributed by atoms with E-state index in [1.807, 2.05) is 0 Å². The van der Waals surface area contributed by atoms with E-state index in [1.165, 1.54) is 6.20 Å². The molecule has 0 atom stereocenters. The van der Waals surface area contributed by atoms with Crippen molar-refractivity contribution < 1.29 is 10.2 Å². The zero-order valence-corrected chi connectivity index (χ0v) is 6.73. The van der Waals surface area contributed by atoms with Gasteiger partial charge in [0, 0.05) is 5.56 Å². The summed E-state index contributed by atoms with van der Waals surface area (Å²) >= 11 is 0. The van der Waals surface area contributed by atoms with E-state index in [9.17, 15) is 5.11 Å². The molecule has 13 heavy (non-hydrogen) atoms. The number of nitrogens with one attached hydrogen (secondary N) is 1. The van der Waals surface area contributed by atoms with E-state index in [1.54, 1.807) is 24.3 Å². The Hall–Kier alpha value is -1.97. The van der Waals surface area contributed by atoms with E-state index in [0.29, 0.717) is 5.82 Å². The monoisotopic (exact) mass is 176 g/mol. The lowest BCUT2D eigenvalue weighted by atomic mass is 10.2. The molecular weight excluding hydrogens is 168 g/mol. The highest BCUT2D eigenvalue weighted by Crippen LogP contribution is 2.21. The highest BCUT2D eigenvalue weighted by molar-refractivity contribution is 5.57. The molecule has 0 saturated heterocycles. The molecule has 0 radical (unpaired) electrons. The van der Waals surface area contributed by atoms with Crippen molar-refractivity contribution in [3.05, 3.63) is 30.5 Å². The van der Waals surface area contributed by atoms with Gasteiger partial charge in [-0.05, 0) is 12.1 Å². The Bertz CT molecular complexity index is 423. The summed E-state index contributed by atoms with van der Waals surface area (Å²) in [5, 5.41) is 18.2. The summed E-state index contributed by atoms with van der Waals surface area (Å²) in [5.41, 5.74) is 0.736. The minimum absolute atomic E-state index is 0.0124. The zero-order valence-electron chi connectivity index (χ0n) is 6.73. The molecule has 1 heterocycles. The highest BCUT2D eigenvalue weighted by Gasteiger charge is 2.02. The van der Waals surface area contributed by atoms with Crippen molar-refractivity contribution in [2.45, 2.75) is 0 Å². The Balaban J connectivity index is 2.46. The number of phenols is 1. The molecule has 0 spiro atoms.